The van der Waals surface area contributed by atoms with Gasteiger partial charge in [-0.2, -0.15) is 13.2 Å². The Bertz CT molecular complexity index is 291. The van der Waals surface area contributed by atoms with Crippen LogP contribution in [0.5, 0.6) is 0 Å². The van der Waals surface area contributed by atoms with E-state index in [0.29, 0.717) is 4.47 Å². The molecule has 0 spiro atoms. The third-order valence-electron chi connectivity index (χ3n) is 1.42. The van der Waals surface area contributed by atoms with Crippen molar-refractivity contribution in [2.24, 2.45) is 0 Å². The first-order chi connectivity index (χ1) is 5.43. The molecule has 0 N–H and O–H groups in total. The zero-order valence-corrected chi connectivity index (χ0v) is 7.54. The van der Waals surface area contributed by atoms with Crippen LogP contribution in [0.1, 0.15) is 11.1 Å². The number of halogens is 4. The van der Waals surface area contributed by atoms with Crippen LogP contribution in [0.3, 0.4) is 0 Å². The second-order valence-electron chi connectivity index (χ2n) is 2.26. The van der Waals surface area contributed by atoms with Gasteiger partial charge in [0.1, 0.15) is 0 Å². The summed E-state index contributed by atoms with van der Waals surface area (Å²) in [6, 6.07) is 3.87. The lowest BCUT2D eigenvalue weighted by atomic mass is 10.1. The maximum absolute atomic E-state index is 12.2. The molecule has 0 atom stereocenters. The normalized spacial score (nSPS) is 11.8. The van der Waals surface area contributed by atoms with Crippen LogP contribution < -0.4 is 0 Å². The van der Waals surface area contributed by atoms with E-state index in [1.54, 1.807) is 0 Å². The molecule has 4 heteroatoms. The lowest BCUT2D eigenvalue weighted by molar-refractivity contribution is -0.137. The van der Waals surface area contributed by atoms with Crippen LogP contribution in [-0.4, -0.2) is 0 Å². The van der Waals surface area contributed by atoms with Gasteiger partial charge in [0.25, 0.3) is 0 Å². The van der Waals surface area contributed by atoms with Crippen molar-refractivity contribution < 1.29 is 13.2 Å². The van der Waals surface area contributed by atoms with Crippen LogP contribution in [0.15, 0.2) is 22.7 Å². The molecule has 0 aliphatic heterocycles. The van der Waals surface area contributed by atoms with Gasteiger partial charge in [0.2, 0.25) is 0 Å². The minimum atomic E-state index is -4.32. The van der Waals surface area contributed by atoms with E-state index in [0.717, 1.165) is 6.07 Å². The van der Waals surface area contributed by atoms with Crippen LogP contribution in [0.4, 0.5) is 13.2 Å². The van der Waals surface area contributed by atoms with Gasteiger partial charge in [-0.1, -0.05) is 22.0 Å². The largest absolute Gasteiger partial charge is 0.416 e. The Morgan fingerprint density at radius 2 is 1.83 bits per heavy atom. The van der Waals surface area contributed by atoms with E-state index in [-0.39, 0.29) is 5.56 Å². The highest BCUT2D eigenvalue weighted by molar-refractivity contribution is 9.10. The van der Waals surface area contributed by atoms with E-state index in [1.165, 1.54) is 12.1 Å². The number of hydrogen-bond acceptors (Lipinski definition) is 0. The van der Waals surface area contributed by atoms with Gasteiger partial charge in [-0.05, 0) is 24.6 Å². The van der Waals surface area contributed by atoms with Crippen molar-refractivity contribution in [2.75, 3.05) is 0 Å². The van der Waals surface area contributed by atoms with Crippen molar-refractivity contribution in [1.29, 1.82) is 0 Å². The van der Waals surface area contributed by atoms with Crippen LogP contribution in [0.25, 0.3) is 0 Å². The SMILES string of the molecule is [CH2]c1c(Br)cccc1C(F)(F)F. The predicted molar refractivity (Wildman–Crippen MR) is 43.6 cm³/mol. The highest BCUT2D eigenvalue weighted by atomic mass is 79.9. The molecule has 0 fully saturated rings. The van der Waals surface area contributed by atoms with Gasteiger partial charge in [0.05, 0.1) is 5.56 Å². The zero-order chi connectivity index (χ0) is 9.35. The van der Waals surface area contributed by atoms with Crippen molar-refractivity contribution >= 4 is 15.9 Å². The maximum Gasteiger partial charge on any atom is 0.416 e. The van der Waals surface area contributed by atoms with E-state index in [1.807, 2.05) is 0 Å². The third kappa shape index (κ3) is 1.80. The Balaban J connectivity index is 3.26. The van der Waals surface area contributed by atoms with Crippen molar-refractivity contribution in [1.82, 2.24) is 0 Å². The second kappa shape index (κ2) is 3.09. The minimum absolute atomic E-state index is 0.0231. The van der Waals surface area contributed by atoms with Gasteiger partial charge < -0.3 is 0 Å². The highest BCUT2D eigenvalue weighted by Gasteiger charge is 2.32. The van der Waals surface area contributed by atoms with Gasteiger partial charge in [0.15, 0.2) is 0 Å². The zero-order valence-electron chi connectivity index (χ0n) is 5.95. The average Bonchev–Trinajstić information content (AvgIpc) is 1.92. The maximum atomic E-state index is 12.2. The standard InChI is InChI=1S/C8H5BrF3/c1-5-6(8(10,11)12)3-2-4-7(5)9/h2-4H,1H2. The van der Waals surface area contributed by atoms with Crippen LogP contribution >= 0.6 is 15.9 Å². The molecule has 1 radical (unpaired) electrons. The van der Waals surface area contributed by atoms with Gasteiger partial charge in [-0.3, -0.25) is 0 Å². The number of alkyl halides is 3. The molecule has 0 nitrogen and oxygen atoms in total. The average molecular weight is 238 g/mol. The molecule has 0 bridgehead atoms. The van der Waals surface area contributed by atoms with Gasteiger partial charge in [0, 0.05) is 4.47 Å². The van der Waals surface area contributed by atoms with Gasteiger partial charge in [-0.15, -0.1) is 0 Å². The lowest BCUT2D eigenvalue weighted by Gasteiger charge is -2.10. The molecule has 0 saturated carbocycles. The fourth-order valence-electron chi connectivity index (χ4n) is 0.824. The topological polar surface area (TPSA) is 0 Å². The number of rotatable bonds is 0. The Labute approximate surface area is 76.5 Å². The molecule has 0 saturated heterocycles. The third-order valence-corrected chi connectivity index (χ3v) is 2.17. The smallest absolute Gasteiger partial charge is 0.166 e. The predicted octanol–water partition coefficient (Wildman–Crippen LogP) is 3.65. The summed E-state index contributed by atoms with van der Waals surface area (Å²) >= 11 is 2.98. The molecule has 0 aromatic heterocycles. The molecule has 1 aromatic rings. The Hall–Kier alpha value is -0.510. The van der Waals surface area contributed by atoms with Crippen LogP contribution in [-0.2, 0) is 6.18 Å². The molecule has 0 aliphatic carbocycles. The van der Waals surface area contributed by atoms with E-state index in [9.17, 15) is 13.2 Å². The quantitative estimate of drug-likeness (QED) is 0.647. The van der Waals surface area contributed by atoms with Crippen molar-refractivity contribution in [3.05, 3.63) is 40.7 Å². The second-order valence-corrected chi connectivity index (χ2v) is 3.12. The summed E-state index contributed by atoms with van der Waals surface area (Å²) in [4.78, 5) is 0. The van der Waals surface area contributed by atoms with Gasteiger partial charge in [-0.25, -0.2) is 0 Å². The first-order valence-electron chi connectivity index (χ1n) is 3.10. The molecule has 12 heavy (non-hydrogen) atoms. The van der Waals surface area contributed by atoms with Crippen molar-refractivity contribution in [2.45, 2.75) is 6.18 Å². The van der Waals surface area contributed by atoms with E-state index in [2.05, 4.69) is 22.9 Å². The molecule has 0 aliphatic rings. The Morgan fingerprint density at radius 1 is 1.25 bits per heavy atom. The lowest BCUT2D eigenvalue weighted by Crippen LogP contribution is -2.07. The van der Waals surface area contributed by atoms with Crippen molar-refractivity contribution in [3.63, 3.8) is 0 Å². The Morgan fingerprint density at radius 3 is 2.25 bits per heavy atom. The summed E-state index contributed by atoms with van der Waals surface area (Å²) in [6.07, 6.45) is -4.32. The van der Waals surface area contributed by atoms with Crippen LogP contribution in [0, 0.1) is 6.92 Å². The summed E-state index contributed by atoms with van der Waals surface area (Å²) in [7, 11) is 0. The summed E-state index contributed by atoms with van der Waals surface area (Å²) in [5, 5.41) is 0. The molecule has 65 valence electrons. The van der Waals surface area contributed by atoms with Gasteiger partial charge >= 0.3 is 6.18 Å². The summed E-state index contributed by atoms with van der Waals surface area (Å²) < 4.78 is 36.9. The van der Waals surface area contributed by atoms with E-state index in [4.69, 9.17) is 0 Å². The summed E-state index contributed by atoms with van der Waals surface area (Å²) in [5.74, 6) is 0. The molecule has 0 unspecified atom stereocenters. The number of hydrogen-bond donors (Lipinski definition) is 0. The molecule has 0 amide bonds. The molecule has 1 aromatic carbocycles. The fourth-order valence-corrected chi connectivity index (χ4v) is 1.19. The van der Waals surface area contributed by atoms with E-state index >= 15 is 0 Å². The first kappa shape index (κ1) is 9.58. The molecule has 1 rings (SSSR count). The summed E-state index contributed by atoms with van der Waals surface area (Å²) in [5.41, 5.74) is -0.720. The highest BCUT2D eigenvalue weighted by Crippen LogP contribution is 2.34. The fraction of sp³-hybridized carbons (Fsp3) is 0.125. The molecular weight excluding hydrogens is 233 g/mol. The minimum Gasteiger partial charge on any atom is -0.166 e. The first-order valence-corrected chi connectivity index (χ1v) is 3.90. The molecular formula is C8H5BrF3. The van der Waals surface area contributed by atoms with Crippen molar-refractivity contribution in [3.8, 4) is 0 Å². The van der Waals surface area contributed by atoms with Crippen LogP contribution in [0.2, 0.25) is 0 Å². The summed E-state index contributed by atoms with van der Waals surface area (Å²) in [6.45, 7) is 3.32. The number of benzene rings is 1. The van der Waals surface area contributed by atoms with E-state index < -0.39 is 11.7 Å². The Kier molecular flexibility index (Phi) is 2.46. The molecule has 0 heterocycles. The monoisotopic (exact) mass is 237 g/mol.